The smallest absolute Gasteiger partial charge is 0.224 e. The molecule has 14 heavy (non-hydrogen) atoms. The third kappa shape index (κ3) is 3.17. The topological polar surface area (TPSA) is 29.1 Å². The molecule has 76 valence electrons. The second kappa shape index (κ2) is 5.37. The molecule has 0 aliphatic heterocycles. The first-order valence-corrected chi connectivity index (χ1v) is 4.74. The Hall–Kier alpha value is -1.38. The van der Waals surface area contributed by atoms with Crippen molar-refractivity contribution in [3.8, 4) is 0 Å². The molecule has 1 aromatic carbocycles. The molecule has 0 radical (unpaired) electrons. The van der Waals surface area contributed by atoms with Crippen LogP contribution in [-0.4, -0.2) is 12.5 Å². The molecule has 1 amide bonds. The summed E-state index contributed by atoms with van der Waals surface area (Å²) in [6, 6.07) is 6.33. The SMILES string of the molecule is CCCNC(=O)Cc1ccccc1F. The molecule has 0 saturated carbocycles. The summed E-state index contributed by atoms with van der Waals surface area (Å²) in [6.45, 7) is 2.62. The van der Waals surface area contributed by atoms with Crippen molar-refractivity contribution < 1.29 is 9.18 Å². The van der Waals surface area contributed by atoms with Gasteiger partial charge in [0.2, 0.25) is 5.91 Å². The van der Waals surface area contributed by atoms with Crippen molar-refractivity contribution in [3.05, 3.63) is 35.6 Å². The third-order valence-corrected chi connectivity index (χ3v) is 1.88. The van der Waals surface area contributed by atoms with Gasteiger partial charge in [-0.2, -0.15) is 0 Å². The van der Waals surface area contributed by atoms with Crippen molar-refractivity contribution in [1.82, 2.24) is 5.32 Å². The van der Waals surface area contributed by atoms with Gasteiger partial charge in [0.15, 0.2) is 0 Å². The van der Waals surface area contributed by atoms with E-state index in [2.05, 4.69) is 5.32 Å². The van der Waals surface area contributed by atoms with E-state index in [4.69, 9.17) is 0 Å². The number of carbonyl (C=O) groups is 1. The monoisotopic (exact) mass is 195 g/mol. The van der Waals surface area contributed by atoms with Crippen molar-refractivity contribution in [2.75, 3.05) is 6.54 Å². The van der Waals surface area contributed by atoms with Crippen molar-refractivity contribution in [3.63, 3.8) is 0 Å². The van der Waals surface area contributed by atoms with E-state index in [1.54, 1.807) is 18.2 Å². The van der Waals surface area contributed by atoms with Gasteiger partial charge in [0.05, 0.1) is 6.42 Å². The first kappa shape index (κ1) is 10.7. The zero-order valence-corrected chi connectivity index (χ0v) is 8.22. The summed E-state index contributed by atoms with van der Waals surface area (Å²) in [7, 11) is 0. The zero-order chi connectivity index (χ0) is 10.4. The summed E-state index contributed by atoms with van der Waals surface area (Å²) < 4.78 is 13.1. The second-order valence-electron chi connectivity index (χ2n) is 3.12. The van der Waals surface area contributed by atoms with Crippen molar-refractivity contribution >= 4 is 5.91 Å². The van der Waals surface area contributed by atoms with Crippen LogP contribution < -0.4 is 5.32 Å². The Kier molecular flexibility index (Phi) is 4.11. The van der Waals surface area contributed by atoms with E-state index in [0.717, 1.165) is 6.42 Å². The number of nitrogens with one attached hydrogen (secondary N) is 1. The number of carbonyl (C=O) groups excluding carboxylic acids is 1. The Morgan fingerprint density at radius 2 is 2.14 bits per heavy atom. The van der Waals surface area contributed by atoms with E-state index >= 15 is 0 Å². The number of hydrogen-bond acceptors (Lipinski definition) is 1. The normalized spacial score (nSPS) is 9.86. The van der Waals surface area contributed by atoms with E-state index in [0.29, 0.717) is 12.1 Å². The Balaban J connectivity index is 2.52. The van der Waals surface area contributed by atoms with Crippen LogP contribution in [0.2, 0.25) is 0 Å². The molecule has 1 aromatic rings. The van der Waals surface area contributed by atoms with Gasteiger partial charge in [0, 0.05) is 6.54 Å². The molecular weight excluding hydrogens is 181 g/mol. The molecule has 0 aromatic heterocycles. The highest BCUT2D eigenvalue weighted by molar-refractivity contribution is 5.78. The zero-order valence-electron chi connectivity index (χ0n) is 8.22. The number of benzene rings is 1. The lowest BCUT2D eigenvalue weighted by Gasteiger charge is -2.03. The van der Waals surface area contributed by atoms with Gasteiger partial charge in [-0.1, -0.05) is 25.1 Å². The predicted molar refractivity (Wildman–Crippen MR) is 53.4 cm³/mol. The minimum atomic E-state index is -0.320. The van der Waals surface area contributed by atoms with Gasteiger partial charge < -0.3 is 5.32 Å². The summed E-state index contributed by atoms with van der Waals surface area (Å²) in [5, 5.41) is 2.70. The Bertz CT molecular complexity index is 312. The van der Waals surface area contributed by atoms with E-state index in [1.165, 1.54) is 6.07 Å². The van der Waals surface area contributed by atoms with E-state index < -0.39 is 0 Å². The summed E-state index contributed by atoms with van der Waals surface area (Å²) in [5.74, 6) is -0.448. The number of halogens is 1. The fourth-order valence-electron chi connectivity index (χ4n) is 1.14. The molecule has 2 nitrogen and oxygen atoms in total. The van der Waals surface area contributed by atoms with Gasteiger partial charge >= 0.3 is 0 Å². The lowest BCUT2D eigenvalue weighted by atomic mass is 10.1. The molecule has 0 aliphatic carbocycles. The number of rotatable bonds is 4. The summed E-state index contributed by atoms with van der Waals surface area (Å²) >= 11 is 0. The fourth-order valence-corrected chi connectivity index (χ4v) is 1.14. The van der Waals surface area contributed by atoms with Crippen LogP contribution in [0, 0.1) is 5.82 Å². The molecule has 0 fully saturated rings. The molecule has 0 bridgehead atoms. The molecule has 0 aliphatic rings. The fraction of sp³-hybridized carbons (Fsp3) is 0.364. The van der Waals surface area contributed by atoms with Crippen LogP contribution in [-0.2, 0) is 11.2 Å². The van der Waals surface area contributed by atoms with Crippen LogP contribution >= 0.6 is 0 Å². The van der Waals surface area contributed by atoms with Gasteiger partial charge in [-0.05, 0) is 18.1 Å². The molecule has 0 saturated heterocycles. The van der Waals surface area contributed by atoms with Gasteiger partial charge in [0.1, 0.15) is 5.82 Å². The quantitative estimate of drug-likeness (QED) is 0.781. The maximum absolute atomic E-state index is 13.1. The summed E-state index contributed by atoms with van der Waals surface area (Å²) in [6.07, 6.45) is 1.01. The molecular formula is C11H14FNO. The molecule has 0 atom stereocenters. The Labute approximate surface area is 83.1 Å². The van der Waals surface area contributed by atoms with Crippen molar-refractivity contribution in [1.29, 1.82) is 0 Å². The Morgan fingerprint density at radius 3 is 2.79 bits per heavy atom. The van der Waals surface area contributed by atoms with Crippen molar-refractivity contribution in [2.24, 2.45) is 0 Å². The van der Waals surface area contributed by atoms with Crippen LogP contribution in [0.1, 0.15) is 18.9 Å². The van der Waals surface area contributed by atoms with Crippen LogP contribution in [0.15, 0.2) is 24.3 Å². The molecule has 1 rings (SSSR count). The van der Waals surface area contributed by atoms with Crippen LogP contribution in [0.4, 0.5) is 4.39 Å². The van der Waals surface area contributed by atoms with E-state index in [1.807, 2.05) is 6.92 Å². The second-order valence-corrected chi connectivity index (χ2v) is 3.12. The van der Waals surface area contributed by atoms with Crippen LogP contribution in [0.5, 0.6) is 0 Å². The predicted octanol–water partition coefficient (Wildman–Crippen LogP) is 1.89. The number of hydrogen-bond donors (Lipinski definition) is 1. The van der Waals surface area contributed by atoms with Gasteiger partial charge in [-0.15, -0.1) is 0 Å². The largest absolute Gasteiger partial charge is 0.356 e. The molecule has 0 heterocycles. The summed E-state index contributed by atoms with van der Waals surface area (Å²) in [4.78, 5) is 11.2. The Morgan fingerprint density at radius 1 is 1.43 bits per heavy atom. The summed E-state index contributed by atoms with van der Waals surface area (Å²) in [5.41, 5.74) is 0.445. The maximum Gasteiger partial charge on any atom is 0.224 e. The maximum atomic E-state index is 13.1. The van der Waals surface area contributed by atoms with E-state index in [9.17, 15) is 9.18 Å². The van der Waals surface area contributed by atoms with Gasteiger partial charge in [-0.25, -0.2) is 4.39 Å². The van der Waals surface area contributed by atoms with Gasteiger partial charge in [-0.3, -0.25) is 4.79 Å². The minimum Gasteiger partial charge on any atom is -0.356 e. The average Bonchev–Trinajstić information content (AvgIpc) is 2.18. The molecule has 1 N–H and O–H groups in total. The lowest BCUT2D eigenvalue weighted by Crippen LogP contribution is -2.25. The minimum absolute atomic E-state index is 0.118. The first-order chi connectivity index (χ1) is 6.74. The number of amides is 1. The average molecular weight is 195 g/mol. The molecule has 0 spiro atoms. The van der Waals surface area contributed by atoms with Crippen LogP contribution in [0.25, 0.3) is 0 Å². The lowest BCUT2D eigenvalue weighted by molar-refractivity contribution is -0.120. The van der Waals surface area contributed by atoms with Crippen LogP contribution in [0.3, 0.4) is 0 Å². The molecule has 0 unspecified atom stereocenters. The third-order valence-electron chi connectivity index (χ3n) is 1.88. The van der Waals surface area contributed by atoms with Gasteiger partial charge in [0.25, 0.3) is 0 Å². The first-order valence-electron chi connectivity index (χ1n) is 4.74. The standard InChI is InChI=1S/C11H14FNO/c1-2-7-13-11(14)8-9-5-3-4-6-10(9)12/h3-6H,2,7-8H2,1H3,(H,13,14). The highest BCUT2D eigenvalue weighted by Gasteiger charge is 2.05. The van der Waals surface area contributed by atoms with E-state index in [-0.39, 0.29) is 18.1 Å². The molecule has 3 heteroatoms. The van der Waals surface area contributed by atoms with Crippen molar-refractivity contribution in [2.45, 2.75) is 19.8 Å². The highest BCUT2D eigenvalue weighted by Crippen LogP contribution is 2.06. The highest BCUT2D eigenvalue weighted by atomic mass is 19.1.